The van der Waals surface area contributed by atoms with E-state index in [0.717, 1.165) is 29.7 Å². The molecule has 5 nitrogen and oxygen atoms in total. The summed E-state index contributed by atoms with van der Waals surface area (Å²) in [5.41, 5.74) is 2.13. The standard InChI is InChI=1S/C13H12N2O3/c1-18-10-6-9(13(2-3-13)14-7-16)4-8-5-11(17)15-12(8)10/h4,6H,2-3,5H2,1H3,(H,15,17). The Balaban J connectivity index is 2.11. The fraction of sp³-hybridized carbons (Fsp3) is 0.385. The van der Waals surface area contributed by atoms with Gasteiger partial charge >= 0.3 is 0 Å². The number of anilines is 1. The van der Waals surface area contributed by atoms with Crippen LogP contribution in [0, 0.1) is 0 Å². The lowest BCUT2D eigenvalue weighted by atomic mass is 10.0. The zero-order valence-electron chi connectivity index (χ0n) is 9.95. The third kappa shape index (κ3) is 1.52. The molecular weight excluding hydrogens is 232 g/mol. The highest BCUT2D eigenvalue weighted by Gasteiger charge is 2.45. The van der Waals surface area contributed by atoms with E-state index in [1.165, 1.54) is 0 Å². The first-order chi connectivity index (χ1) is 8.68. The van der Waals surface area contributed by atoms with Gasteiger partial charge in [-0.3, -0.25) is 4.79 Å². The Labute approximate surface area is 104 Å². The van der Waals surface area contributed by atoms with E-state index >= 15 is 0 Å². The van der Waals surface area contributed by atoms with Gasteiger partial charge in [0.25, 0.3) is 0 Å². The van der Waals surface area contributed by atoms with Gasteiger partial charge in [0.05, 0.1) is 24.8 Å². The summed E-state index contributed by atoms with van der Waals surface area (Å²) in [5, 5.41) is 2.78. The van der Waals surface area contributed by atoms with Crippen molar-refractivity contribution in [3.63, 3.8) is 0 Å². The maximum Gasteiger partial charge on any atom is 0.235 e. The molecule has 0 aromatic heterocycles. The summed E-state index contributed by atoms with van der Waals surface area (Å²) in [7, 11) is 1.56. The number of carbonyl (C=O) groups is 1. The maximum atomic E-state index is 11.4. The minimum atomic E-state index is -0.435. The van der Waals surface area contributed by atoms with Crippen LogP contribution in [0.2, 0.25) is 0 Å². The van der Waals surface area contributed by atoms with Gasteiger partial charge in [-0.2, -0.15) is 4.99 Å². The minimum Gasteiger partial charge on any atom is -0.495 e. The van der Waals surface area contributed by atoms with Gasteiger partial charge in [0.1, 0.15) is 5.75 Å². The van der Waals surface area contributed by atoms with Crippen LogP contribution in [0.4, 0.5) is 5.69 Å². The highest BCUT2D eigenvalue weighted by Crippen LogP contribution is 2.51. The summed E-state index contributed by atoms with van der Waals surface area (Å²) in [6.45, 7) is 0. The normalized spacial score (nSPS) is 18.6. The second-order valence-corrected chi connectivity index (χ2v) is 4.67. The number of nitrogens with zero attached hydrogens (tertiary/aromatic N) is 1. The molecule has 0 saturated heterocycles. The molecule has 92 valence electrons. The van der Waals surface area contributed by atoms with Crippen molar-refractivity contribution in [2.75, 3.05) is 12.4 Å². The topological polar surface area (TPSA) is 67.8 Å². The van der Waals surface area contributed by atoms with Crippen LogP contribution in [-0.2, 0) is 21.5 Å². The third-order valence-corrected chi connectivity index (χ3v) is 3.54. The number of aliphatic imine (C=N–C) groups is 1. The molecule has 1 heterocycles. The number of benzene rings is 1. The Kier molecular flexibility index (Phi) is 2.25. The van der Waals surface area contributed by atoms with Crippen molar-refractivity contribution in [3.05, 3.63) is 23.3 Å². The largest absolute Gasteiger partial charge is 0.495 e. The number of carbonyl (C=O) groups excluding carboxylic acids is 2. The van der Waals surface area contributed by atoms with E-state index < -0.39 is 5.54 Å². The first kappa shape index (κ1) is 11.0. The van der Waals surface area contributed by atoms with Crippen molar-refractivity contribution >= 4 is 17.7 Å². The molecule has 1 aliphatic carbocycles. The van der Waals surface area contributed by atoms with Gasteiger partial charge in [-0.25, -0.2) is 4.79 Å². The molecule has 1 fully saturated rings. The Hall–Kier alpha value is -2.13. The van der Waals surface area contributed by atoms with Gasteiger partial charge in [0, 0.05) is 0 Å². The number of fused-ring (bicyclic) bond motifs is 1. The van der Waals surface area contributed by atoms with Crippen molar-refractivity contribution < 1.29 is 14.3 Å². The van der Waals surface area contributed by atoms with Crippen molar-refractivity contribution in [2.45, 2.75) is 24.8 Å². The van der Waals surface area contributed by atoms with E-state index in [2.05, 4.69) is 10.3 Å². The average Bonchev–Trinajstić information content (AvgIpc) is 3.03. The van der Waals surface area contributed by atoms with E-state index in [4.69, 9.17) is 4.74 Å². The molecule has 1 aromatic rings. The molecule has 0 spiro atoms. The van der Waals surface area contributed by atoms with Gasteiger partial charge in [0.15, 0.2) is 0 Å². The zero-order chi connectivity index (χ0) is 12.8. The van der Waals surface area contributed by atoms with E-state index in [9.17, 15) is 9.59 Å². The van der Waals surface area contributed by atoms with Crippen molar-refractivity contribution in [2.24, 2.45) is 4.99 Å². The summed E-state index contributed by atoms with van der Waals surface area (Å²) in [6, 6.07) is 3.78. The van der Waals surface area contributed by atoms with Crippen molar-refractivity contribution in [1.29, 1.82) is 0 Å². The number of hydrogen-bond acceptors (Lipinski definition) is 4. The van der Waals surface area contributed by atoms with Crippen LogP contribution < -0.4 is 10.1 Å². The van der Waals surface area contributed by atoms with Crippen LogP contribution in [-0.4, -0.2) is 19.1 Å². The average molecular weight is 244 g/mol. The fourth-order valence-corrected chi connectivity index (χ4v) is 2.41. The van der Waals surface area contributed by atoms with Crippen molar-refractivity contribution in [1.82, 2.24) is 0 Å². The number of amides is 1. The van der Waals surface area contributed by atoms with E-state index in [1.54, 1.807) is 13.2 Å². The summed E-state index contributed by atoms with van der Waals surface area (Å²) >= 11 is 0. The maximum absolute atomic E-state index is 11.4. The molecule has 1 saturated carbocycles. The molecule has 1 N–H and O–H groups in total. The second kappa shape index (κ2) is 3.68. The van der Waals surface area contributed by atoms with Crippen LogP contribution in [0.1, 0.15) is 24.0 Å². The van der Waals surface area contributed by atoms with E-state index in [-0.39, 0.29) is 5.91 Å². The van der Waals surface area contributed by atoms with Gasteiger partial charge in [-0.05, 0) is 30.0 Å². The second-order valence-electron chi connectivity index (χ2n) is 4.67. The predicted molar refractivity (Wildman–Crippen MR) is 64.4 cm³/mol. The summed E-state index contributed by atoms with van der Waals surface area (Å²) in [5.74, 6) is 0.588. The summed E-state index contributed by atoms with van der Waals surface area (Å²) in [6.07, 6.45) is 3.66. The number of rotatable bonds is 3. The number of hydrogen-bond donors (Lipinski definition) is 1. The molecule has 18 heavy (non-hydrogen) atoms. The molecular formula is C13H12N2O3. The number of ether oxygens (including phenoxy) is 1. The molecule has 0 radical (unpaired) electrons. The third-order valence-electron chi connectivity index (χ3n) is 3.54. The molecule has 1 aromatic carbocycles. The fourth-order valence-electron chi connectivity index (χ4n) is 2.41. The van der Waals surface area contributed by atoms with Gasteiger partial charge in [-0.1, -0.05) is 6.07 Å². The predicted octanol–water partition coefficient (Wildman–Crippen LogP) is 1.51. The molecule has 0 unspecified atom stereocenters. The molecule has 1 aliphatic heterocycles. The molecule has 0 bridgehead atoms. The minimum absolute atomic E-state index is 0.0378. The summed E-state index contributed by atoms with van der Waals surface area (Å²) < 4.78 is 5.29. The highest BCUT2D eigenvalue weighted by molar-refractivity contribution is 6.01. The Bertz CT molecular complexity index is 584. The summed E-state index contributed by atoms with van der Waals surface area (Å²) in [4.78, 5) is 25.8. The van der Waals surface area contributed by atoms with Crippen LogP contribution >= 0.6 is 0 Å². The molecule has 3 rings (SSSR count). The monoisotopic (exact) mass is 244 g/mol. The number of methoxy groups -OCH3 is 1. The highest BCUT2D eigenvalue weighted by atomic mass is 16.5. The van der Waals surface area contributed by atoms with Gasteiger partial charge in [0.2, 0.25) is 12.0 Å². The zero-order valence-corrected chi connectivity index (χ0v) is 9.95. The Morgan fingerprint density at radius 2 is 2.22 bits per heavy atom. The van der Waals surface area contributed by atoms with Crippen molar-refractivity contribution in [3.8, 4) is 5.75 Å². The van der Waals surface area contributed by atoms with Crippen LogP contribution in [0.15, 0.2) is 17.1 Å². The van der Waals surface area contributed by atoms with E-state index in [1.807, 2.05) is 12.1 Å². The lowest BCUT2D eigenvalue weighted by molar-refractivity contribution is -0.115. The SMILES string of the molecule is COc1cc(C2(N=C=O)CC2)cc2c1NC(=O)C2. The molecule has 2 aliphatic rings. The van der Waals surface area contributed by atoms with E-state index in [0.29, 0.717) is 12.2 Å². The number of nitrogens with one attached hydrogen (secondary N) is 1. The van der Waals surface area contributed by atoms with Crippen LogP contribution in [0.25, 0.3) is 0 Å². The molecule has 5 heteroatoms. The van der Waals surface area contributed by atoms with Crippen LogP contribution in [0.3, 0.4) is 0 Å². The Morgan fingerprint density at radius 1 is 1.44 bits per heavy atom. The van der Waals surface area contributed by atoms with Gasteiger partial charge in [-0.15, -0.1) is 0 Å². The smallest absolute Gasteiger partial charge is 0.235 e. The first-order valence-electron chi connectivity index (χ1n) is 5.79. The lowest BCUT2D eigenvalue weighted by Gasteiger charge is -2.13. The van der Waals surface area contributed by atoms with Crippen LogP contribution in [0.5, 0.6) is 5.75 Å². The molecule has 1 amide bonds. The quantitative estimate of drug-likeness (QED) is 0.647. The lowest BCUT2D eigenvalue weighted by Crippen LogP contribution is -2.05. The Morgan fingerprint density at radius 3 is 2.83 bits per heavy atom. The first-order valence-corrected chi connectivity index (χ1v) is 5.79. The van der Waals surface area contributed by atoms with Gasteiger partial charge < -0.3 is 10.1 Å². The number of isocyanates is 1. The molecule has 0 atom stereocenters.